The summed E-state index contributed by atoms with van der Waals surface area (Å²) in [6.45, 7) is 5.36. The second-order valence-corrected chi connectivity index (χ2v) is 8.11. The summed E-state index contributed by atoms with van der Waals surface area (Å²) in [6, 6.07) is 9.98. The number of aliphatic hydroxyl groups excluding tert-OH is 1. The predicted octanol–water partition coefficient (Wildman–Crippen LogP) is 4.25. The molecule has 1 saturated heterocycles. The van der Waals surface area contributed by atoms with Gasteiger partial charge in [0.1, 0.15) is 11.5 Å². The molecule has 4 rings (SSSR count). The quantitative estimate of drug-likeness (QED) is 0.385. The maximum absolute atomic E-state index is 13.1. The number of carbonyl (C=O) groups excluding carboxylic acids is 2. The average Bonchev–Trinajstić information content (AvgIpc) is 3.09. The van der Waals surface area contributed by atoms with Crippen molar-refractivity contribution in [1.82, 2.24) is 4.90 Å². The third-order valence-corrected chi connectivity index (χ3v) is 5.99. The molecule has 174 valence electrons. The van der Waals surface area contributed by atoms with Gasteiger partial charge >= 0.3 is 0 Å². The van der Waals surface area contributed by atoms with E-state index in [1.54, 1.807) is 37.4 Å². The van der Waals surface area contributed by atoms with Crippen LogP contribution in [0.4, 0.5) is 0 Å². The van der Waals surface area contributed by atoms with Gasteiger partial charge in [0.2, 0.25) is 0 Å². The molecule has 2 aliphatic rings. The topological polar surface area (TPSA) is 85.3 Å². The van der Waals surface area contributed by atoms with Gasteiger partial charge in [0.05, 0.1) is 31.9 Å². The number of hydrogen-bond acceptors (Lipinski definition) is 6. The van der Waals surface area contributed by atoms with Crippen LogP contribution < -0.4 is 14.2 Å². The summed E-state index contributed by atoms with van der Waals surface area (Å²) >= 11 is 0. The zero-order valence-electron chi connectivity index (χ0n) is 19.2. The molecule has 0 radical (unpaired) electrons. The molecule has 1 fully saturated rings. The van der Waals surface area contributed by atoms with Crippen molar-refractivity contribution in [2.45, 2.75) is 39.2 Å². The number of carbonyl (C=O) groups is 2. The van der Waals surface area contributed by atoms with Crippen LogP contribution in [-0.2, 0) is 16.0 Å². The lowest BCUT2D eigenvalue weighted by molar-refractivity contribution is -0.139. The minimum absolute atomic E-state index is 0.0799. The van der Waals surface area contributed by atoms with Gasteiger partial charge in [-0.1, -0.05) is 13.0 Å². The van der Waals surface area contributed by atoms with E-state index in [0.717, 1.165) is 24.2 Å². The SMILES string of the molecule is CCCN1C(=O)C(=O)/C(=C(/O)c2ccc3c(c2)CCCO3)C1c1ccc(OCC)c(OC)c1. The minimum atomic E-state index is -0.721. The molecule has 2 aromatic rings. The molecule has 1 amide bonds. The highest BCUT2D eigenvalue weighted by Crippen LogP contribution is 2.42. The molecular formula is C26H29NO6. The van der Waals surface area contributed by atoms with Gasteiger partial charge in [-0.2, -0.15) is 0 Å². The van der Waals surface area contributed by atoms with E-state index in [2.05, 4.69) is 0 Å². The van der Waals surface area contributed by atoms with Crippen LogP contribution >= 0.6 is 0 Å². The lowest BCUT2D eigenvalue weighted by Crippen LogP contribution is -2.30. The highest BCUT2D eigenvalue weighted by molar-refractivity contribution is 6.46. The van der Waals surface area contributed by atoms with Gasteiger partial charge in [0.25, 0.3) is 11.7 Å². The maximum Gasteiger partial charge on any atom is 0.295 e. The van der Waals surface area contributed by atoms with Gasteiger partial charge in [-0.25, -0.2) is 0 Å². The zero-order valence-corrected chi connectivity index (χ0v) is 19.2. The Morgan fingerprint density at radius 1 is 1.15 bits per heavy atom. The molecule has 1 unspecified atom stereocenters. The van der Waals surface area contributed by atoms with Crippen molar-refractivity contribution in [3.05, 3.63) is 58.7 Å². The van der Waals surface area contributed by atoms with Crippen molar-refractivity contribution < 1.29 is 28.9 Å². The van der Waals surface area contributed by atoms with Crippen LogP contribution in [0.25, 0.3) is 5.76 Å². The van der Waals surface area contributed by atoms with Gasteiger partial charge in [0.15, 0.2) is 11.5 Å². The highest BCUT2D eigenvalue weighted by atomic mass is 16.5. The molecule has 0 saturated carbocycles. The highest BCUT2D eigenvalue weighted by Gasteiger charge is 2.46. The first-order valence-corrected chi connectivity index (χ1v) is 11.3. The molecule has 7 heteroatoms. The first-order valence-electron chi connectivity index (χ1n) is 11.3. The van der Waals surface area contributed by atoms with Gasteiger partial charge in [0, 0.05) is 12.1 Å². The van der Waals surface area contributed by atoms with Crippen molar-refractivity contribution in [3.63, 3.8) is 0 Å². The molecule has 1 N–H and O–H groups in total. The largest absolute Gasteiger partial charge is 0.507 e. The normalized spacial score (nSPS) is 19.2. The number of hydrogen-bond donors (Lipinski definition) is 1. The Kier molecular flexibility index (Phi) is 6.58. The number of aliphatic hydroxyl groups is 1. The van der Waals surface area contributed by atoms with E-state index in [4.69, 9.17) is 14.2 Å². The molecule has 33 heavy (non-hydrogen) atoms. The van der Waals surface area contributed by atoms with Crippen LogP contribution in [0.5, 0.6) is 17.2 Å². The fraction of sp³-hybridized carbons (Fsp3) is 0.385. The van der Waals surface area contributed by atoms with E-state index in [1.165, 1.54) is 4.90 Å². The first-order chi connectivity index (χ1) is 16.0. The van der Waals surface area contributed by atoms with Crippen LogP contribution in [0.15, 0.2) is 42.0 Å². The van der Waals surface area contributed by atoms with Crippen LogP contribution in [-0.4, -0.2) is 48.6 Å². The van der Waals surface area contributed by atoms with Gasteiger partial charge in [-0.3, -0.25) is 9.59 Å². The van der Waals surface area contributed by atoms with Crippen molar-refractivity contribution in [2.24, 2.45) is 0 Å². The van der Waals surface area contributed by atoms with E-state index >= 15 is 0 Å². The Morgan fingerprint density at radius 2 is 1.97 bits per heavy atom. The number of benzene rings is 2. The number of nitrogens with zero attached hydrogens (tertiary/aromatic N) is 1. The Morgan fingerprint density at radius 3 is 2.70 bits per heavy atom. The summed E-state index contributed by atoms with van der Waals surface area (Å²) in [4.78, 5) is 27.6. The molecule has 1 atom stereocenters. The number of amides is 1. The monoisotopic (exact) mass is 451 g/mol. The third-order valence-electron chi connectivity index (χ3n) is 5.99. The van der Waals surface area contributed by atoms with E-state index in [9.17, 15) is 14.7 Å². The fourth-order valence-corrected chi connectivity index (χ4v) is 4.49. The van der Waals surface area contributed by atoms with Crippen LogP contribution in [0.2, 0.25) is 0 Å². The Hall–Kier alpha value is -3.48. The average molecular weight is 452 g/mol. The number of methoxy groups -OCH3 is 1. The standard InChI is InChI=1S/C26H29NO6/c1-4-12-27-23(17-8-11-20(32-5-2)21(15-17)31-3)22(25(29)26(27)30)24(28)18-9-10-19-16(14-18)7-6-13-33-19/h8-11,14-15,23,28H,4-7,12-13H2,1-3H3/b24-22+. The molecule has 2 aliphatic heterocycles. The molecule has 7 nitrogen and oxygen atoms in total. The lowest BCUT2D eigenvalue weighted by Gasteiger charge is -2.25. The summed E-state index contributed by atoms with van der Waals surface area (Å²) in [7, 11) is 1.54. The Bertz CT molecular complexity index is 1110. The van der Waals surface area contributed by atoms with E-state index in [0.29, 0.717) is 48.8 Å². The molecule has 2 heterocycles. The van der Waals surface area contributed by atoms with Crippen LogP contribution in [0, 0.1) is 0 Å². The fourth-order valence-electron chi connectivity index (χ4n) is 4.49. The predicted molar refractivity (Wildman–Crippen MR) is 124 cm³/mol. The molecular weight excluding hydrogens is 422 g/mol. The van der Waals surface area contributed by atoms with Gasteiger partial charge in [-0.05, 0) is 67.6 Å². The zero-order chi connectivity index (χ0) is 23.5. The summed E-state index contributed by atoms with van der Waals surface area (Å²) in [6.07, 6.45) is 2.40. The van der Waals surface area contributed by atoms with Crippen molar-refractivity contribution >= 4 is 17.4 Å². The molecule has 0 aromatic heterocycles. The number of fused-ring (bicyclic) bond motifs is 1. The Balaban J connectivity index is 1.85. The van der Waals surface area contributed by atoms with Gasteiger partial charge in [-0.15, -0.1) is 0 Å². The second-order valence-electron chi connectivity index (χ2n) is 8.11. The van der Waals surface area contributed by atoms with Crippen molar-refractivity contribution in [2.75, 3.05) is 26.9 Å². The van der Waals surface area contributed by atoms with Gasteiger partial charge < -0.3 is 24.2 Å². The summed E-state index contributed by atoms with van der Waals surface area (Å²) in [5.74, 6) is 0.383. The third kappa shape index (κ3) is 4.15. The molecule has 0 bridgehead atoms. The van der Waals surface area contributed by atoms with Crippen molar-refractivity contribution in [1.29, 1.82) is 0 Å². The lowest BCUT2D eigenvalue weighted by atomic mass is 9.93. The van der Waals surface area contributed by atoms with Crippen LogP contribution in [0.1, 0.15) is 49.4 Å². The summed E-state index contributed by atoms with van der Waals surface area (Å²) in [5.41, 5.74) is 2.23. The first kappa shape index (κ1) is 22.7. The summed E-state index contributed by atoms with van der Waals surface area (Å²) in [5, 5.41) is 11.3. The number of ether oxygens (including phenoxy) is 3. The van der Waals surface area contributed by atoms with Crippen molar-refractivity contribution in [3.8, 4) is 17.2 Å². The number of aryl methyl sites for hydroxylation is 1. The number of rotatable bonds is 7. The van der Waals surface area contributed by atoms with E-state index < -0.39 is 17.7 Å². The van der Waals surface area contributed by atoms with Crippen LogP contribution in [0.3, 0.4) is 0 Å². The Labute approximate surface area is 193 Å². The maximum atomic E-state index is 13.1. The molecule has 2 aromatic carbocycles. The summed E-state index contributed by atoms with van der Waals surface area (Å²) < 4.78 is 16.8. The van der Waals surface area contributed by atoms with E-state index in [1.807, 2.05) is 19.9 Å². The minimum Gasteiger partial charge on any atom is -0.507 e. The molecule has 0 aliphatic carbocycles. The number of Topliss-reactive ketones (excluding diaryl/α,β-unsaturated/α-hetero) is 1. The number of likely N-dealkylation sites (tertiary alicyclic amines) is 1. The smallest absolute Gasteiger partial charge is 0.295 e. The molecule has 0 spiro atoms. The van der Waals surface area contributed by atoms with E-state index in [-0.39, 0.29) is 11.3 Å². The number of ketones is 1. The second kappa shape index (κ2) is 9.57.